The number of benzene rings is 1. The van der Waals surface area contributed by atoms with Gasteiger partial charge in [-0.3, -0.25) is 9.69 Å². The number of anilines is 1. The van der Waals surface area contributed by atoms with Crippen LogP contribution in [0.4, 0.5) is 5.69 Å². The van der Waals surface area contributed by atoms with Crippen LogP contribution in [0, 0.1) is 11.8 Å². The van der Waals surface area contributed by atoms with Gasteiger partial charge in [0.05, 0.1) is 51.1 Å². The van der Waals surface area contributed by atoms with Crippen molar-refractivity contribution in [3.8, 4) is 11.5 Å². The Bertz CT molecular complexity index is 1520. The van der Waals surface area contributed by atoms with Gasteiger partial charge in [0.1, 0.15) is 0 Å². The van der Waals surface area contributed by atoms with Crippen LogP contribution in [0.25, 0.3) is 0 Å². The Balaban J connectivity index is 1.48. The summed E-state index contributed by atoms with van der Waals surface area (Å²) in [7, 11) is -6.97. The number of nitrogens with zero attached hydrogens (tertiary/aromatic N) is 2. The summed E-state index contributed by atoms with van der Waals surface area (Å²) >= 11 is 0. The third-order valence-electron chi connectivity index (χ3n) is 9.44. The Morgan fingerprint density at radius 3 is 2.47 bits per heavy atom. The number of piperidine rings is 2. The molecule has 0 radical (unpaired) electrons. The summed E-state index contributed by atoms with van der Waals surface area (Å²) in [5.41, 5.74) is 1.15. The summed E-state index contributed by atoms with van der Waals surface area (Å²) in [4.78, 5) is 17.5. The van der Waals surface area contributed by atoms with Crippen molar-refractivity contribution in [2.75, 3.05) is 38.8 Å². The molecule has 1 amide bonds. The van der Waals surface area contributed by atoms with Gasteiger partial charge < -0.3 is 19.1 Å². The van der Waals surface area contributed by atoms with Crippen LogP contribution in [0.1, 0.15) is 18.4 Å². The number of methoxy groups -OCH3 is 2. The van der Waals surface area contributed by atoms with Crippen LogP contribution in [0.5, 0.6) is 11.5 Å². The van der Waals surface area contributed by atoms with Gasteiger partial charge in [-0.25, -0.2) is 8.37 Å². The molecule has 6 aliphatic heterocycles. The van der Waals surface area contributed by atoms with Crippen LogP contribution in [0.3, 0.4) is 0 Å². The SMILES string of the molecule is COc1cc2c(cc1OC)[C@@]13CCN4CC5=CCO[C@H]6CC(=O)N2[C@H]1[C@H]6[C@H]5C1(OS(=O)(=O)OS(=O)(=O)O1)[C@H]43. The molecule has 5 fully saturated rings. The number of carbonyl (C=O) groups is 1. The Morgan fingerprint density at radius 1 is 1.05 bits per heavy atom. The molecule has 1 aliphatic carbocycles. The van der Waals surface area contributed by atoms with Gasteiger partial charge >= 0.3 is 20.8 Å². The van der Waals surface area contributed by atoms with E-state index in [2.05, 4.69) is 3.63 Å². The molecule has 4 saturated heterocycles. The van der Waals surface area contributed by atoms with Crippen LogP contribution in [-0.2, 0) is 47.7 Å². The molecule has 1 aromatic carbocycles. The standard InChI is InChI=1S/C23H24N2O11S2/c1-31-14-7-12-13(8-15(14)32-2)25-17(26)9-16-18-19-11(3-6-33-16)10-24-5-4-22(12,20(18)25)21(24)23(19)34-37(27,28)36-38(29,30)35-23/h3,7-8,16,18-21H,4-6,9-10H2,1-2H3/t16-,18+,19-,20-,21+,22-/m0/s1. The van der Waals surface area contributed by atoms with Gasteiger partial charge in [-0.1, -0.05) is 6.08 Å². The second-order valence-electron chi connectivity index (χ2n) is 10.8. The first-order valence-electron chi connectivity index (χ1n) is 12.3. The van der Waals surface area contributed by atoms with Crippen molar-refractivity contribution in [3.63, 3.8) is 0 Å². The molecule has 6 heterocycles. The van der Waals surface area contributed by atoms with Crippen LogP contribution in [0.2, 0.25) is 0 Å². The number of fused-ring (bicyclic) bond motifs is 2. The minimum Gasteiger partial charge on any atom is -0.493 e. The maximum Gasteiger partial charge on any atom is 0.419 e. The highest BCUT2D eigenvalue weighted by Crippen LogP contribution is 2.70. The van der Waals surface area contributed by atoms with E-state index in [9.17, 15) is 21.6 Å². The molecule has 7 aliphatic rings. The summed E-state index contributed by atoms with van der Waals surface area (Å²) in [6, 6.07) is 2.22. The van der Waals surface area contributed by atoms with Crippen LogP contribution < -0.4 is 14.4 Å². The van der Waals surface area contributed by atoms with E-state index in [0.717, 1.165) is 11.1 Å². The first kappa shape index (κ1) is 23.6. The number of amides is 1. The average Bonchev–Trinajstić information content (AvgIpc) is 3.29. The predicted molar refractivity (Wildman–Crippen MR) is 126 cm³/mol. The van der Waals surface area contributed by atoms with Crippen molar-refractivity contribution < 1.29 is 47.8 Å². The lowest BCUT2D eigenvalue weighted by Gasteiger charge is -2.64. The molecule has 2 bridgehead atoms. The van der Waals surface area contributed by atoms with Crippen LogP contribution in [0.15, 0.2) is 23.8 Å². The molecule has 0 aromatic heterocycles. The van der Waals surface area contributed by atoms with Crippen molar-refractivity contribution in [3.05, 3.63) is 29.3 Å². The first-order chi connectivity index (χ1) is 18.1. The quantitative estimate of drug-likeness (QED) is 0.441. The van der Waals surface area contributed by atoms with E-state index in [-0.39, 0.29) is 18.9 Å². The van der Waals surface area contributed by atoms with Gasteiger partial charge in [-0.15, -0.1) is 3.63 Å². The van der Waals surface area contributed by atoms with E-state index < -0.39 is 62.0 Å². The maximum absolute atomic E-state index is 13.8. The van der Waals surface area contributed by atoms with Crippen molar-refractivity contribution in [2.45, 2.75) is 42.2 Å². The fourth-order valence-corrected chi connectivity index (χ4v) is 10.8. The molecule has 0 unspecified atom stereocenters. The van der Waals surface area contributed by atoms with Crippen molar-refractivity contribution in [1.29, 1.82) is 0 Å². The summed E-state index contributed by atoms with van der Waals surface area (Å²) in [5, 5.41) is 0. The molecule has 13 nitrogen and oxygen atoms in total. The molecule has 15 heteroatoms. The minimum absolute atomic E-state index is 0.0309. The van der Waals surface area contributed by atoms with Gasteiger partial charge in [0.25, 0.3) is 0 Å². The van der Waals surface area contributed by atoms with Gasteiger partial charge in [-0.2, -0.15) is 16.8 Å². The molecule has 1 saturated carbocycles. The number of hydrogen-bond donors (Lipinski definition) is 0. The molecule has 0 N–H and O–H groups in total. The zero-order valence-corrected chi connectivity index (χ0v) is 22.0. The third kappa shape index (κ3) is 2.61. The number of rotatable bonds is 2. The highest BCUT2D eigenvalue weighted by molar-refractivity contribution is 7.95. The maximum atomic E-state index is 13.8. The van der Waals surface area contributed by atoms with Gasteiger partial charge in [-0.05, 0) is 23.6 Å². The Hall–Kier alpha value is -2.27. The second-order valence-corrected chi connectivity index (χ2v) is 13.3. The summed E-state index contributed by atoms with van der Waals surface area (Å²) in [6.45, 7) is 1.15. The topological polar surface area (TPSA) is 147 Å². The van der Waals surface area contributed by atoms with Crippen LogP contribution >= 0.6 is 0 Å². The van der Waals surface area contributed by atoms with Crippen molar-refractivity contribution in [2.24, 2.45) is 11.8 Å². The first-order valence-corrected chi connectivity index (χ1v) is 15.0. The number of hydrogen-bond acceptors (Lipinski definition) is 12. The fraction of sp³-hybridized carbons (Fsp3) is 0.609. The van der Waals surface area contributed by atoms with Crippen LogP contribution in [-0.4, -0.2) is 85.5 Å². The van der Waals surface area contributed by atoms with E-state index >= 15 is 0 Å². The lowest BCUT2D eigenvalue weighted by Crippen LogP contribution is -2.80. The number of ether oxygens (including phenoxy) is 3. The van der Waals surface area contributed by atoms with Crippen molar-refractivity contribution in [1.82, 2.24) is 4.90 Å². The third-order valence-corrected chi connectivity index (χ3v) is 11.7. The fourth-order valence-electron chi connectivity index (χ4n) is 8.66. The number of carbonyl (C=O) groups excluding carboxylic acids is 1. The highest BCUT2D eigenvalue weighted by Gasteiger charge is 2.82. The van der Waals surface area contributed by atoms with E-state index in [1.54, 1.807) is 17.0 Å². The Morgan fingerprint density at radius 2 is 1.76 bits per heavy atom. The molecule has 1 aromatic rings. The lowest BCUT2D eigenvalue weighted by molar-refractivity contribution is -0.263. The molecular weight excluding hydrogens is 544 g/mol. The van der Waals surface area contributed by atoms with Gasteiger partial charge in [0.2, 0.25) is 11.7 Å². The van der Waals surface area contributed by atoms with E-state index in [1.165, 1.54) is 14.2 Å². The smallest absolute Gasteiger partial charge is 0.419 e. The normalized spacial score (nSPS) is 40.4. The molecule has 6 atom stereocenters. The molecule has 2 spiro atoms. The van der Waals surface area contributed by atoms with Gasteiger partial charge in [0, 0.05) is 36.4 Å². The summed E-state index contributed by atoms with van der Waals surface area (Å²) in [5.74, 6) is -2.76. The zero-order valence-electron chi connectivity index (χ0n) is 20.4. The van der Waals surface area contributed by atoms with E-state index in [1.807, 2.05) is 11.0 Å². The monoisotopic (exact) mass is 568 g/mol. The lowest BCUT2D eigenvalue weighted by atomic mass is 9.51. The zero-order chi connectivity index (χ0) is 26.4. The van der Waals surface area contributed by atoms with Crippen molar-refractivity contribution >= 4 is 32.4 Å². The van der Waals surface area contributed by atoms with E-state index in [4.69, 9.17) is 22.6 Å². The Labute approximate surface area is 218 Å². The minimum atomic E-state index is -4.99. The highest BCUT2D eigenvalue weighted by atomic mass is 32.3. The summed E-state index contributed by atoms with van der Waals surface area (Å²) in [6.07, 6.45) is 1.75. The molecule has 38 heavy (non-hydrogen) atoms. The molecule has 8 rings (SSSR count). The second kappa shape index (κ2) is 7.08. The molecule has 204 valence electrons. The molecular formula is C23H24N2O11S2. The Kier molecular flexibility index (Phi) is 4.39. The van der Waals surface area contributed by atoms with Gasteiger partial charge in [0.15, 0.2) is 11.5 Å². The van der Waals surface area contributed by atoms with E-state index in [0.29, 0.717) is 36.7 Å². The summed E-state index contributed by atoms with van der Waals surface area (Å²) < 4.78 is 84.4. The predicted octanol–water partition coefficient (Wildman–Crippen LogP) is -0.0311. The largest absolute Gasteiger partial charge is 0.493 e. The average molecular weight is 569 g/mol.